The van der Waals surface area contributed by atoms with Crippen molar-refractivity contribution in [2.75, 3.05) is 14.2 Å². The second kappa shape index (κ2) is 7.51. The molecule has 0 heterocycles. The zero-order valence-electron chi connectivity index (χ0n) is 13.8. The summed E-state index contributed by atoms with van der Waals surface area (Å²) in [6.07, 6.45) is 0. The Morgan fingerprint density at radius 2 is 1.91 bits per heavy atom. The lowest BCUT2D eigenvalue weighted by Crippen LogP contribution is -2.23. The summed E-state index contributed by atoms with van der Waals surface area (Å²) in [5.41, 5.74) is 1.53. The monoisotopic (exact) mass is 303 g/mol. The SMILES string of the molecule is CO/N=C(\Oc1cc(C#CC(C)(C)C)ccc1C)C(=O)OC. The van der Waals surface area contributed by atoms with Gasteiger partial charge in [0.1, 0.15) is 12.9 Å². The van der Waals surface area contributed by atoms with Crippen LogP contribution in [0.2, 0.25) is 0 Å². The second-order valence-electron chi connectivity index (χ2n) is 5.65. The van der Waals surface area contributed by atoms with Crippen molar-refractivity contribution < 1.29 is 19.1 Å². The van der Waals surface area contributed by atoms with E-state index in [4.69, 9.17) is 4.74 Å². The Labute approximate surface area is 131 Å². The smallest absolute Gasteiger partial charge is 0.397 e. The number of hydrogen-bond donors (Lipinski definition) is 0. The largest absolute Gasteiger partial charge is 0.462 e. The van der Waals surface area contributed by atoms with Gasteiger partial charge in [-0.2, -0.15) is 0 Å². The minimum atomic E-state index is -0.715. The van der Waals surface area contributed by atoms with Gasteiger partial charge in [-0.3, -0.25) is 0 Å². The second-order valence-corrected chi connectivity index (χ2v) is 5.65. The van der Waals surface area contributed by atoms with Gasteiger partial charge < -0.3 is 14.3 Å². The van der Waals surface area contributed by atoms with Gasteiger partial charge in [-0.1, -0.05) is 17.9 Å². The lowest BCUT2D eigenvalue weighted by molar-refractivity contribution is -0.134. The summed E-state index contributed by atoms with van der Waals surface area (Å²) in [7, 11) is 2.57. The van der Waals surface area contributed by atoms with Gasteiger partial charge in [-0.15, -0.1) is 0 Å². The Morgan fingerprint density at radius 1 is 1.23 bits per heavy atom. The number of methoxy groups -OCH3 is 1. The van der Waals surface area contributed by atoms with Gasteiger partial charge in [0.05, 0.1) is 7.11 Å². The molecule has 0 aliphatic heterocycles. The van der Waals surface area contributed by atoms with Crippen LogP contribution in [-0.4, -0.2) is 26.1 Å². The van der Waals surface area contributed by atoms with Gasteiger partial charge in [0, 0.05) is 11.0 Å². The highest BCUT2D eigenvalue weighted by Crippen LogP contribution is 2.20. The van der Waals surface area contributed by atoms with Crippen LogP contribution in [0.5, 0.6) is 5.75 Å². The fourth-order valence-electron chi connectivity index (χ4n) is 1.42. The third-order valence-corrected chi connectivity index (χ3v) is 2.51. The summed E-state index contributed by atoms with van der Waals surface area (Å²) < 4.78 is 10.1. The first-order chi connectivity index (χ1) is 10.3. The predicted molar refractivity (Wildman–Crippen MR) is 84.6 cm³/mol. The molecule has 0 fully saturated rings. The molecule has 0 atom stereocenters. The third kappa shape index (κ3) is 5.49. The van der Waals surface area contributed by atoms with Crippen LogP contribution in [0.4, 0.5) is 0 Å². The van der Waals surface area contributed by atoms with Crippen molar-refractivity contribution in [3.05, 3.63) is 29.3 Å². The van der Waals surface area contributed by atoms with Crippen molar-refractivity contribution in [3.63, 3.8) is 0 Å². The lowest BCUT2D eigenvalue weighted by atomic mass is 9.97. The van der Waals surface area contributed by atoms with Crippen molar-refractivity contribution in [2.24, 2.45) is 10.6 Å². The average molecular weight is 303 g/mol. The zero-order valence-corrected chi connectivity index (χ0v) is 13.8. The number of benzene rings is 1. The van der Waals surface area contributed by atoms with E-state index in [-0.39, 0.29) is 11.3 Å². The zero-order chi connectivity index (χ0) is 16.8. The number of nitrogens with zero attached hydrogens (tertiary/aromatic N) is 1. The van der Waals surface area contributed by atoms with Crippen LogP contribution in [0.15, 0.2) is 23.4 Å². The van der Waals surface area contributed by atoms with Gasteiger partial charge >= 0.3 is 11.9 Å². The van der Waals surface area contributed by atoms with E-state index in [1.807, 2.05) is 39.8 Å². The number of oxime groups is 1. The van der Waals surface area contributed by atoms with Crippen molar-refractivity contribution in [3.8, 4) is 17.6 Å². The van der Waals surface area contributed by atoms with Crippen LogP contribution in [0.3, 0.4) is 0 Å². The summed E-state index contributed by atoms with van der Waals surface area (Å²) in [6.45, 7) is 7.96. The van der Waals surface area contributed by atoms with Crippen molar-refractivity contribution in [1.29, 1.82) is 0 Å². The molecule has 0 saturated heterocycles. The Kier molecular flexibility index (Phi) is 6.00. The van der Waals surface area contributed by atoms with E-state index in [1.165, 1.54) is 14.2 Å². The molecule has 0 aliphatic carbocycles. The van der Waals surface area contributed by atoms with Crippen LogP contribution >= 0.6 is 0 Å². The van der Waals surface area contributed by atoms with Crippen molar-refractivity contribution >= 4 is 11.9 Å². The van der Waals surface area contributed by atoms with Gasteiger partial charge in [-0.25, -0.2) is 4.79 Å². The molecule has 0 N–H and O–H groups in total. The molecule has 0 aliphatic rings. The fourth-order valence-corrected chi connectivity index (χ4v) is 1.42. The number of aryl methyl sites for hydroxylation is 1. The molecule has 118 valence electrons. The van der Waals surface area contributed by atoms with Gasteiger partial charge in [0.2, 0.25) is 0 Å². The van der Waals surface area contributed by atoms with Crippen molar-refractivity contribution in [2.45, 2.75) is 27.7 Å². The number of carbonyl (C=O) groups is 1. The molecule has 1 rings (SSSR count). The lowest BCUT2D eigenvalue weighted by Gasteiger charge is -2.10. The molecule has 0 spiro atoms. The number of esters is 1. The molecule has 1 aromatic rings. The van der Waals surface area contributed by atoms with E-state index in [0.29, 0.717) is 5.75 Å². The molecule has 0 unspecified atom stereocenters. The Balaban J connectivity index is 3.11. The molecular weight excluding hydrogens is 282 g/mol. The Hall–Kier alpha value is -2.48. The maximum Gasteiger partial charge on any atom is 0.397 e. The number of ether oxygens (including phenoxy) is 2. The normalized spacial score (nSPS) is 11.3. The summed E-state index contributed by atoms with van der Waals surface area (Å²) in [6, 6.07) is 5.51. The Bertz CT molecular complexity index is 630. The topological polar surface area (TPSA) is 57.1 Å². The van der Waals surface area contributed by atoms with Crippen LogP contribution in [-0.2, 0) is 14.4 Å². The fraction of sp³-hybridized carbons (Fsp3) is 0.412. The summed E-state index contributed by atoms with van der Waals surface area (Å²) >= 11 is 0. The van der Waals surface area contributed by atoms with Crippen LogP contribution in [0, 0.1) is 24.2 Å². The number of hydrogen-bond acceptors (Lipinski definition) is 5. The van der Waals surface area contributed by atoms with Crippen molar-refractivity contribution in [1.82, 2.24) is 0 Å². The van der Waals surface area contributed by atoms with Gasteiger partial charge in [-0.05, 0) is 50.5 Å². The predicted octanol–water partition coefficient (Wildman–Crippen LogP) is 2.90. The highest BCUT2D eigenvalue weighted by atomic mass is 16.6. The maximum atomic E-state index is 11.6. The minimum absolute atomic E-state index is 0.0966. The molecule has 0 aromatic heterocycles. The van der Waals surface area contributed by atoms with Gasteiger partial charge in [0.15, 0.2) is 0 Å². The first-order valence-electron chi connectivity index (χ1n) is 6.78. The van der Waals surface area contributed by atoms with E-state index in [0.717, 1.165) is 11.1 Å². The van der Waals surface area contributed by atoms with E-state index < -0.39 is 5.97 Å². The van der Waals surface area contributed by atoms with E-state index in [9.17, 15) is 4.79 Å². The molecule has 5 nitrogen and oxygen atoms in total. The molecule has 1 aromatic carbocycles. The van der Waals surface area contributed by atoms with E-state index >= 15 is 0 Å². The molecule has 0 radical (unpaired) electrons. The minimum Gasteiger partial charge on any atom is -0.462 e. The van der Waals surface area contributed by atoms with E-state index in [2.05, 4.69) is 26.6 Å². The molecule has 0 amide bonds. The van der Waals surface area contributed by atoms with Crippen LogP contribution in [0.1, 0.15) is 31.9 Å². The summed E-state index contributed by atoms with van der Waals surface area (Å²) in [4.78, 5) is 16.2. The standard InChI is InChI=1S/C17H21NO4/c1-12-7-8-13(9-10-17(2,3)4)11-14(12)22-15(18-21-6)16(19)20-5/h7-8,11H,1-6H3/b18-15-. The van der Waals surface area contributed by atoms with E-state index in [1.54, 1.807) is 6.07 Å². The van der Waals surface area contributed by atoms with Gasteiger partial charge in [0.25, 0.3) is 0 Å². The number of rotatable bonds is 2. The average Bonchev–Trinajstić information content (AvgIpc) is 2.45. The highest BCUT2D eigenvalue weighted by Gasteiger charge is 2.17. The Morgan fingerprint density at radius 3 is 2.45 bits per heavy atom. The third-order valence-electron chi connectivity index (χ3n) is 2.51. The highest BCUT2D eigenvalue weighted by molar-refractivity contribution is 6.33. The quantitative estimate of drug-likeness (QED) is 0.277. The molecule has 5 heteroatoms. The van der Waals surface area contributed by atoms with Crippen LogP contribution < -0.4 is 4.74 Å². The first kappa shape index (κ1) is 17.6. The number of carbonyl (C=O) groups excluding carboxylic acids is 1. The summed E-state index contributed by atoms with van der Waals surface area (Å²) in [5, 5.41) is 3.53. The molecular formula is C17H21NO4. The summed E-state index contributed by atoms with van der Waals surface area (Å²) in [5.74, 6) is 5.72. The molecule has 22 heavy (non-hydrogen) atoms. The van der Waals surface area contributed by atoms with Crippen LogP contribution in [0.25, 0.3) is 0 Å². The molecule has 0 bridgehead atoms. The molecule has 0 saturated carbocycles. The first-order valence-corrected chi connectivity index (χ1v) is 6.78. The maximum absolute atomic E-state index is 11.6.